The molecule has 0 aliphatic heterocycles. The van der Waals surface area contributed by atoms with E-state index < -0.39 is 0 Å². The van der Waals surface area contributed by atoms with Crippen molar-refractivity contribution in [1.29, 1.82) is 0 Å². The van der Waals surface area contributed by atoms with Crippen molar-refractivity contribution in [2.24, 2.45) is 0 Å². The smallest absolute Gasteiger partial charge is 0.0921 e. The third kappa shape index (κ3) is 2.54. The lowest BCUT2D eigenvalue weighted by molar-refractivity contribution is 1.11. The van der Waals surface area contributed by atoms with Crippen LogP contribution in [0, 0.1) is 0 Å². The van der Waals surface area contributed by atoms with Crippen LogP contribution in [0.15, 0.2) is 61.1 Å². The molecule has 0 spiro atoms. The zero-order valence-electron chi connectivity index (χ0n) is 10.3. The molecule has 0 aliphatic rings. The minimum absolute atomic E-state index is 0.754. The minimum Gasteiger partial charge on any atom is -0.348 e. The Balaban J connectivity index is 2.08. The Hall–Kier alpha value is -2.06. The van der Waals surface area contributed by atoms with Crippen LogP contribution in [-0.2, 0) is 6.42 Å². The molecule has 0 radical (unpaired) electrons. The number of benzene rings is 2. The Morgan fingerprint density at radius 1 is 1.00 bits per heavy atom. The first-order chi connectivity index (χ1) is 9.34. The molecular weight excluding hydrogens is 256 g/mol. The normalized spacial score (nSPS) is 10.6. The molecule has 94 valence electrons. The predicted molar refractivity (Wildman–Crippen MR) is 78.3 cm³/mol. The summed E-state index contributed by atoms with van der Waals surface area (Å²) in [6.45, 7) is 0. The lowest BCUT2D eigenvalue weighted by atomic mass is 9.97. The number of hydrogen-bond donors (Lipinski definition) is 1. The number of nitrogens with zero attached hydrogens (tertiary/aromatic N) is 1. The van der Waals surface area contributed by atoms with E-state index in [-0.39, 0.29) is 0 Å². The minimum atomic E-state index is 0.754. The number of hydrogen-bond acceptors (Lipinski definition) is 1. The van der Waals surface area contributed by atoms with Gasteiger partial charge in [0.25, 0.3) is 0 Å². The molecule has 2 aromatic carbocycles. The van der Waals surface area contributed by atoms with Gasteiger partial charge in [0.2, 0.25) is 0 Å². The summed E-state index contributed by atoms with van der Waals surface area (Å²) in [6, 6.07) is 16.3. The summed E-state index contributed by atoms with van der Waals surface area (Å²) < 4.78 is 0. The average Bonchev–Trinajstić information content (AvgIpc) is 2.95. The van der Waals surface area contributed by atoms with Gasteiger partial charge in [0.1, 0.15) is 0 Å². The van der Waals surface area contributed by atoms with Gasteiger partial charge in [-0.1, -0.05) is 54.1 Å². The maximum Gasteiger partial charge on any atom is 0.0921 e. The highest BCUT2D eigenvalue weighted by atomic mass is 35.5. The van der Waals surface area contributed by atoms with Gasteiger partial charge >= 0.3 is 0 Å². The first kappa shape index (κ1) is 12.0. The van der Waals surface area contributed by atoms with Gasteiger partial charge in [0.05, 0.1) is 6.33 Å². The highest BCUT2D eigenvalue weighted by Crippen LogP contribution is 2.30. The van der Waals surface area contributed by atoms with E-state index in [1.807, 2.05) is 36.5 Å². The highest BCUT2D eigenvalue weighted by Gasteiger charge is 2.10. The summed E-state index contributed by atoms with van der Waals surface area (Å²) >= 11 is 6.36. The highest BCUT2D eigenvalue weighted by molar-refractivity contribution is 6.31. The van der Waals surface area contributed by atoms with E-state index in [2.05, 4.69) is 28.2 Å². The predicted octanol–water partition coefficient (Wildman–Crippen LogP) is 4.32. The lowest BCUT2D eigenvalue weighted by Gasteiger charge is -2.11. The summed E-state index contributed by atoms with van der Waals surface area (Å²) in [7, 11) is 0. The Morgan fingerprint density at radius 2 is 1.84 bits per heavy atom. The van der Waals surface area contributed by atoms with E-state index in [4.69, 9.17) is 11.6 Å². The van der Waals surface area contributed by atoms with Crippen molar-refractivity contribution >= 4 is 11.6 Å². The third-order valence-corrected chi connectivity index (χ3v) is 3.48. The van der Waals surface area contributed by atoms with Gasteiger partial charge in [-0.3, -0.25) is 0 Å². The molecule has 0 aliphatic carbocycles. The molecule has 19 heavy (non-hydrogen) atoms. The lowest BCUT2D eigenvalue weighted by Crippen LogP contribution is -1.94. The second-order valence-corrected chi connectivity index (χ2v) is 4.79. The monoisotopic (exact) mass is 268 g/mol. The van der Waals surface area contributed by atoms with Gasteiger partial charge in [-0.25, -0.2) is 4.98 Å². The summed E-state index contributed by atoms with van der Waals surface area (Å²) in [6.07, 6.45) is 4.27. The number of aromatic amines is 1. The molecule has 0 saturated heterocycles. The number of aromatic nitrogens is 2. The van der Waals surface area contributed by atoms with E-state index in [0.717, 1.165) is 22.7 Å². The Labute approximate surface area is 117 Å². The Bertz CT molecular complexity index is 660. The molecule has 0 unspecified atom stereocenters. The first-order valence-corrected chi connectivity index (χ1v) is 6.52. The van der Waals surface area contributed by atoms with Gasteiger partial charge in [0, 0.05) is 23.3 Å². The van der Waals surface area contributed by atoms with E-state index >= 15 is 0 Å². The van der Waals surface area contributed by atoms with Crippen molar-refractivity contribution in [2.75, 3.05) is 0 Å². The standard InChI is InChI=1S/C16H13ClN2/c17-16-8-4-7-14(12-5-2-1-3-6-12)15(16)9-13-10-18-11-19-13/h1-8,10-11H,9H2,(H,18,19). The molecule has 1 N–H and O–H groups in total. The van der Waals surface area contributed by atoms with Gasteiger partial charge in [-0.2, -0.15) is 0 Å². The summed E-state index contributed by atoms with van der Waals surface area (Å²) in [5.41, 5.74) is 4.53. The van der Waals surface area contributed by atoms with E-state index in [9.17, 15) is 0 Å². The molecule has 0 saturated carbocycles. The van der Waals surface area contributed by atoms with Crippen LogP contribution in [0.4, 0.5) is 0 Å². The van der Waals surface area contributed by atoms with Crippen molar-refractivity contribution < 1.29 is 0 Å². The van der Waals surface area contributed by atoms with E-state index in [1.165, 1.54) is 11.1 Å². The Morgan fingerprint density at radius 3 is 2.58 bits per heavy atom. The molecule has 3 heteroatoms. The van der Waals surface area contributed by atoms with Crippen molar-refractivity contribution in [1.82, 2.24) is 9.97 Å². The Kier molecular flexibility index (Phi) is 3.34. The topological polar surface area (TPSA) is 28.7 Å². The van der Waals surface area contributed by atoms with Crippen LogP contribution in [0.1, 0.15) is 11.3 Å². The van der Waals surface area contributed by atoms with Gasteiger partial charge < -0.3 is 4.98 Å². The second-order valence-electron chi connectivity index (χ2n) is 4.39. The van der Waals surface area contributed by atoms with Crippen LogP contribution >= 0.6 is 11.6 Å². The zero-order chi connectivity index (χ0) is 13.1. The molecule has 2 nitrogen and oxygen atoms in total. The number of nitrogens with one attached hydrogen (secondary N) is 1. The fourth-order valence-corrected chi connectivity index (χ4v) is 2.44. The van der Waals surface area contributed by atoms with Crippen LogP contribution in [0.3, 0.4) is 0 Å². The maximum absolute atomic E-state index is 6.36. The van der Waals surface area contributed by atoms with Crippen molar-refractivity contribution in [3.63, 3.8) is 0 Å². The van der Waals surface area contributed by atoms with Crippen molar-refractivity contribution in [2.45, 2.75) is 6.42 Å². The average molecular weight is 269 g/mol. The van der Waals surface area contributed by atoms with Crippen LogP contribution in [0.5, 0.6) is 0 Å². The quantitative estimate of drug-likeness (QED) is 0.753. The van der Waals surface area contributed by atoms with Gasteiger partial charge in [-0.05, 0) is 22.8 Å². The molecule has 0 fully saturated rings. The van der Waals surface area contributed by atoms with Crippen LogP contribution < -0.4 is 0 Å². The fourth-order valence-electron chi connectivity index (χ4n) is 2.20. The molecule has 1 aromatic heterocycles. The largest absolute Gasteiger partial charge is 0.348 e. The van der Waals surface area contributed by atoms with Crippen LogP contribution in [0.2, 0.25) is 5.02 Å². The molecule has 0 amide bonds. The summed E-state index contributed by atoms with van der Waals surface area (Å²) in [5, 5.41) is 0.788. The third-order valence-electron chi connectivity index (χ3n) is 3.13. The zero-order valence-corrected chi connectivity index (χ0v) is 11.1. The number of halogens is 1. The van der Waals surface area contributed by atoms with Crippen LogP contribution in [0.25, 0.3) is 11.1 Å². The fraction of sp³-hybridized carbons (Fsp3) is 0.0625. The SMILES string of the molecule is Clc1cccc(-c2ccccc2)c1Cc1cnc[nH]1. The molecule has 3 rings (SSSR count). The van der Waals surface area contributed by atoms with E-state index in [0.29, 0.717) is 0 Å². The van der Waals surface area contributed by atoms with Crippen molar-refractivity contribution in [3.05, 3.63) is 77.3 Å². The van der Waals surface area contributed by atoms with Crippen molar-refractivity contribution in [3.8, 4) is 11.1 Å². The van der Waals surface area contributed by atoms with Crippen LogP contribution in [-0.4, -0.2) is 9.97 Å². The van der Waals surface area contributed by atoms with Gasteiger partial charge in [-0.15, -0.1) is 0 Å². The molecule has 0 atom stereocenters. The number of H-pyrrole nitrogens is 1. The number of imidazole rings is 1. The maximum atomic E-state index is 6.36. The molecular formula is C16H13ClN2. The van der Waals surface area contributed by atoms with E-state index in [1.54, 1.807) is 6.33 Å². The summed E-state index contributed by atoms with van der Waals surface area (Å²) in [4.78, 5) is 7.17. The molecule has 0 bridgehead atoms. The summed E-state index contributed by atoms with van der Waals surface area (Å²) in [5.74, 6) is 0. The number of rotatable bonds is 3. The van der Waals surface area contributed by atoms with Gasteiger partial charge in [0.15, 0.2) is 0 Å². The molecule has 3 aromatic rings. The first-order valence-electron chi connectivity index (χ1n) is 6.14. The second kappa shape index (κ2) is 5.29. The molecule has 1 heterocycles.